The summed E-state index contributed by atoms with van der Waals surface area (Å²) >= 11 is 0. The van der Waals surface area contributed by atoms with Gasteiger partial charge in [-0.3, -0.25) is 0 Å². The molecular formula is C9H19N. The summed E-state index contributed by atoms with van der Waals surface area (Å²) in [5.74, 6) is 0.861. The minimum atomic E-state index is 0.861. The second-order valence-corrected chi connectivity index (χ2v) is 3.80. The highest BCUT2D eigenvalue weighted by Gasteiger charge is 2.34. The topological polar surface area (TPSA) is 21.9 Å². The molecule has 1 heterocycles. The molecule has 0 spiro atoms. The fraction of sp³-hybridized carbons (Fsp3) is 1.00. The molecule has 0 aromatic carbocycles. The van der Waals surface area contributed by atoms with Gasteiger partial charge in [-0.1, -0.05) is 27.2 Å². The Bertz CT molecular complexity index is 98.9. The zero-order valence-electron chi connectivity index (χ0n) is 7.35. The average molecular weight is 141 g/mol. The van der Waals surface area contributed by atoms with Crippen LogP contribution < -0.4 is 5.32 Å². The number of rotatable bonds is 4. The van der Waals surface area contributed by atoms with Gasteiger partial charge in [-0.2, -0.15) is 0 Å². The van der Waals surface area contributed by atoms with Gasteiger partial charge >= 0.3 is 0 Å². The zero-order valence-corrected chi connectivity index (χ0v) is 7.35. The van der Waals surface area contributed by atoms with Crippen molar-refractivity contribution in [1.82, 2.24) is 5.32 Å². The standard InChI is InChI=1S/C9H19N/c1-4-5-8-9(10-8)6-7(2)3/h7-10H,4-6H2,1-3H3/t8?,9-/m0/s1. The third kappa shape index (κ3) is 2.30. The SMILES string of the molecule is CCCC1N[C@H]1CC(C)C. The van der Waals surface area contributed by atoms with Crippen molar-refractivity contribution < 1.29 is 0 Å². The minimum Gasteiger partial charge on any atom is -0.308 e. The lowest BCUT2D eigenvalue weighted by Crippen LogP contribution is -1.98. The van der Waals surface area contributed by atoms with Crippen molar-refractivity contribution in [2.75, 3.05) is 0 Å². The Morgan fingerprint density at radius 3 is 2.50 bits per heavy atom. The van der Waals surface area contributed by atoms with Crippen molar-refractivity contribution in [3.05, 3.63) is 0 Å². The Labute approximate surface area is 64.2 Å². The van der Waals surface area contributed by atoms with Crippen molar-refractivity contribution in [3.8, 4) is 0 Å². The Kier molecular flexibility index (Phi) is 2.72. The summed E-state index contributed by atoms with van der Waals surface area (Å²) in [7, 11) is 0. The van der Waals surface area contributed by atoms with Gasteiger partial charge in [-0.25, -0.2) is 0 Å². The maximum absolute atomic E-state index is 3.50. The van der Waals surface area contributed by atoms with Crippen LogP contribution in [0.3, 0.4) is 0 Å². The van der Waals surface area contributed by atoms with Gasteiger partial charge in [-0.05, 0) is 18.8 Å². The molecule has 0 aliphatic carbocycles. The first kappa shape index (κ1) is 8.06. The maximum atomic E-state index is 3.50. The molecule has 0 aromatic heterocycles. The molecule has 1 unspecified atom stereocenters. The van der Waals surface area contributed by atoms with Gasteiger partial charge in [-0.15, -0.1) is 0 Å². The van der Waals surface area contributed by atoms with E-state index in [4.69, 9.17) is 0 Å². The number of hydrogen-bond donors (Lipinski definition) is 1. The highest BCUT2D eigenvalue weighted by Crippen LogP contribution is 2.22. The Balaban J connectivity index is 2.02. The molecule has 1 nitrogen and oxygen atoms in total. The van der Waals surface area contributed by atoms with Crippen molar-refractivity contribution in [2.24, 2.45) is 5.92 Å². The Hall–Kier alpha value is -0.0400. The molecular weight excluding hydrogens is 122 g/mol. The highest BCUT2D eigenvalue weighted by atomic mass is 15.1. The first-order valence-electron chi connectivity index (χ1n) is 4.50. The maximum Gasteiger partial charge on any atom is 0.0226 e. The molecule has 0 amide bonds. The minimum absolute atomic E-state index is 0.861. The number of nitrogens with one attached hydrogen (secondary N) is 1. The van der Waals surface area contributed by atoms with Gasteiger partial charge in [0.1, 0.15) is 0 Å². The van der Waals surface area contributed by atoms with Gasteiger partial charge in [0.05, 0.1) is 0 Å². The third-order valence-electron chi connectivity index (χ3n) is 2.13. The molecule has 1 N–H and O–H groups in total. The Morgan fingerprint density at radius 2 is 2.00 bits per heavy atom. The van der Waals surface area contributed by atoms with Crippen LogP contribution >= 0.6 is 0 Å². The van der Waals surface area contributed by atoms with Crippen LogP contribution in [0.2, 0.25) is 0 Å². The zero-order chi connectivity index (χ0) is 7.56. The van der Waals surface area contributed by atoms with Crippen LogP contribution in [0.5, 0.6) is 0 Å². The smallest absolute Gasteiger partial charge is 0.0226 e. The predicted octanol–water partition coefficient (Wildman–Crippen LogP) is 2.17. The van der Waals surface area contributed by atoms with E-state index in [2.05, 4.69) is 26.1 Å². The van der Waals surface area contributed by atoms with E-state index in [1.165, 1.54) is 19.3 Å². The summed E-state index contributed by atoms with van der Waals surface area (Å²) in [5, 5.41) is 3.50. The first-order chi connectivity index (χ1) is 4.74. The van der Waals surface area contributed by atoms with E-state index >= 15 is 0 Å². The second kappa shape index (κ2) is 3.38. The lowest BCUT2D eigenvalue weighted by atomic mass is 10.0. The first-order valence-corrected chi connectivity index (χ1v) is 4.50. The van der Waals surface area contributed by atoms with Crippen LogP contribution in [0.25, 0.3) is 0 Å². The molecule has 0 aromatic rings. The van der Waals surface area contributed by atoms with Crippen LogP contribution in [0.4, 0.5) is 0 Å². The van der Waals surface area contributed by atoms with Crippen molar-refractivity contribution in [3.63, 3.8) is 0 Å². The van der Waals surface area contributed by atoms with Crippen molar-refractivity contribution in [2.45, 2.75) is 52.1 Å². The largest absolute Gasteiger partial charge is 0.308 e. The average Bonchev–Trinajstić information content (AvgIpc) is 2.47. The summed E-state index contributed by atoms with van der Waals surface area (Å²) in [5.41, 5.74) is 0. The highest BCUT2D eigenvalue weighted by molar-refractivity contribution is 4.97. The van der Waals surface area contributed by atoms with Gasteiger partial charge in [0.15, 0.2) is 0 Å². The van der Waals surface area contributed by atoms with Gasteiger partial charge < -0.3 is 5.32 Å². The van der Waals surface area contributed by atoms with Gasteiger partial charge in [0.25, 0.3) is 0 Å². The fourth-order valence-corrected chi connectivity index (χ4v) is 1.56. The molecule has 0 radical (unpaired) electrons. The quantitative estimate of drug-likeness (QED) is 0.595. The van der Waals surface area contributed by atoms with Crippen LogP contribution in [0.15, 0.2) is 0 Å². The van der Waals surface area contributed by atoms with Crippen LogP contribution in [0, 0.1) is 5.92 Å². The summed E-state index contributed by atoms with van der Waals surface area (Å²) in [6, 6.07) is 1.73. The summed E-state index contributed by atoms with van der Waals surface area (Å²) in [4.78, 5) is 0. The molecule has 1 fully saturated rings. The van der Waals surface area contributed by atoms with Crippen molar-refractivity contribution in [1.29, 1.82) is 0 Å². The molecule has 1 heteroatoms. The molecule has 2 atom stereocenters. The molecule has 0 saturated carbocycles. The molecule has 1 saturated heterocycles. The van der Waals surface area contributed by atoms with Crippen LogP contribution in [-0.2, 0) is 0 Å². The van der Waals surface area contributed by atoms with E-state index in [1.54, 1.807) is 0 Å². The van der Waals surface area contributed by atoms with E-state index < -0.39 is 0 Å². The summed E-state index contributed by atoms with van der Waals surface area (Å²) in [6.07, 6.45) is 4.06. The Morgan fingerprint density at radius 1 is 1.30 bits per heavy atom. The summed E-state index contributed by atoms with van der Waals surface area (Å²) in [6.45, 7) is 6.85. The van der Waals surface area contributed by atoms with E-state index in [9.17, 15) is 0 Å². The van der Waals surface area contributed by atoms with Crippen molar-refractivity contribution >= 4 is 0 Å². The normalized spacial score (nSPS) is 31.2. The lowest BCUT2D eigenvalue weighted by Gasteiger charge is -1.99. The number of hydrogen-bond acceptors (Lipinski definition) is 1. The predicted molar refractivity (Wildman–Crippen MR) is 45.1 cm³/mol. The van der Waals surface area contributed by atoms with Crippen LogP contribution in [0.1, 0.15) is 40.0 Å². The lowest BCUT2D eigenvalue weighted by molar-refractivity contribution is 0.566. The van der Waals surface area contributed by atoms with E-state index in [1.807, 2.05) is 0 Å². The van der Waals surface area contributed by atoms with Crippen LogP contribution in [-0.4, -0.2) is 12.1 Å². The van der Waals surface area contributed by atoms with E-state index in [-0.39, 0.29) is 0 Å². The summed E-state index contributed by atoms with van der Waals surface area (Å²) < 4.78 is 0. The molecule has 1 rings (SSSR count). The fourth-order valence-electron chi connectivity index (χ4n) is 1.56. The molecule has 60 valence electrons. The monoisotopic (exact) mass is 141 g/mol. The second-order valence-electron chi connectivity index (χ2n) is 3.80. The molecule has 1 aliphatic rings. The molecule has 0 bridgehead atoms. The molecule has 1 aliphatic heterocycles. The van der Waals surface area contributed by atoms with E-state index in [0.29, 0.717) is 0 Å². The van der Waals surface area contributed by atoms with Gasteiger partial charge in [0.2, 0.25) is 0 Å². The van der Waals surface area contributed by atoms with Gasteiger partial charge in [0, 0.05) is 12.1 Å². The molecule has 10 heavy (non-hydrogen) atoms. The van der Waals surface area contributed by atoms with E-state index in [0.717, 1.165) is 18.0 Å². The third-order valence-corrected chi connectivity index (χ3v) is 2.13.